The molecule has 1 atom stereocenters. The van der Waals surface area contributed by atoms with Gasteiger partial charge in [0.25, 0.3) is 0 Å². The van der Waals surface area contributed by atoms with Gasteiger partial charge in [0, 0.05) is 5.92 Å². The number of carbonyl (C=O) groups is 2. The average molecular weight is 294 g/mol. The van der Waals surface area contributed by atoms with Gasteiger partial charge in [0.2, 0.25) is 5.78 Å². The molecular weight excluding hydrogens is 264 g/mol. The molecule has 3 heteroatoms. The molecule has 3 nitrogen and oxygen atoms in total. The molecule has 0 N–H and O–H groups in total. The summed E-state index contributed by atoms with van der Waals surface area (Å²) in [5.41, 5.74) is 1.34. The standard InChI is InChI=1S/C18H30O3/c1-14(2)8-7-9-15(3)12-13-21-18(20)17(19)16-10-5-4-6-11-16/h8,15-16H,4-7,9-13H2,1-3H3/t15-/m1/s1. The Kier molecular flexibility index (Phi) is 8.33. The molecule has 1 rings (SSSR count). The van der Waals surface area contributed by atoms with Crippen molar-refractivity contribution in [3.63, 3.8) is 0 Å². The third-order valence-electron chi connectivity index (χ3n) is 4.23. The first kappa shape index (κ1) is 17.9. The molecule has 0 bridgehead atoms. The Morgan fingerprint density at radius 2 is 1.81 bits per heavy atom. The van der Waals surface area contributed by atoms with E-state index >= 15 is 0 Å². The van der Waals surface area contributed by atoms with Crippen LogP contribution in [0.2, 0.25) is 0 Å². The van der Waals surface area contributed by atoms with Gasteiger partial charge < -0.3 is 4.74 Å². The summed E-state index contributed by atoms with van der Waals surface area (Å²) in [7, 11) is 0. The molecule has 0 spiro atoms. The van der Waals surface area contributed by atoms with E-state index in [2.05, 4.69) is 26.8 Å². The first-order chi connectivity index (χ1) is 10.0. The van der Waals surface area contributed by atoms with Gasteiger partial charge in [-0.3, -0.25) is 4.79 Å². The van der Waals surface area contributed by atoms with Crippen LogP contribution in [0.25, 0.3) is 0 Å². The SMILES string of the molecule is CC(C)=CCC[C@@H](C)CCOC(=O)C(=O)C1CCCCC1. The second-order valence-electron chi connectivity index (χ2n) is 6.59. The molecular formula is C18H30O3. The molecule has 1 saturated carbocycles. The van der Waals surface area contributed by atoms with E-state index in [9.17, 15) is 9.59 Å². The molecule has 0 aromatic rings. The van der Waals surface area contributed by atoms with Crippen LogP contribution in [0.4, 0.5) is 0 Å². The number of allylic oxidation sites excluding steroid dienone is 2. The van der Waals surface area contributed by atoms with Gasteiger partial charge in [-0.2, -0.15) is 0 Å². The van der Waals surface area contributed by atoms with Crippen LogP contribution in [-0.4, -0.2) is 18.4 Å². The maximum Gasteiger partial charge on any atom is 0.374 e. The Labute approximate surface area is 129 Å². The van der Waals surface area contributed by atoms with Gasteiger partial charge in [0.1, 0.15) is 0 Å². The van der Waals surface area contributed by atoms with Gasteiger partial charge in [0.05, 0.1) is 6.61 Å². The first-order valence-electron chi connectivity index (χ1n) is 8.35. The van der Waals surface area contributed by atoms with Crippen molar-refractivity contribution in [3.05, 3.63) is 11.6 Å². The number of carbonyl (C=O) groups excluding carboxylic acids is 2. The minimum atomic E-state index is -0.613. The van der Waals surface area contributed by atoms with E-state index in [4.69, 9.17) is 4.74 Å². The van der Waals surface area contributed by atoms with E-state index in [1.807, 2.05) is 0 Å². The minimum absolute atomic E-state index is 0.0821. The predicted octanol–water partition coefficient (Wildman–Crippen LogP) is 4.45. The van der Waals surface area contributed by atoms with Crippen molar-refractivity contribution < 1.29 is 14.3 Å². The number of ketones is 1. The summed E-state index contributed by atoms with van der Waals surface area (Å²) < 4.78 is 5.15. The molecule has 0 aromatic heterocycles. The maximum atomic E-state index is 11.9. The zero-order valence-corrected chi connectivity index (χ0v) is 13.8. The second-order valence-corrected chi connectivity index (χ2v) is 6.59. The molecule has 0 aliphatic heterocycles. The minimum Gasteiger partial charge on any atom is -0.460 e. The van der Waals surface area contributed by atoms with Crippen LogP contribution < -0.4 is 0 Å². The van der Waals surface area contributed by atoms with E-state index < -0.39 is 5.97 Å². The van der Waals surface area contributed by atoms with E-state index in [-0.39, 0.29) is 11.7 Å². The van der Waals surface area contributed by atoms with Crippen molar-refractivity contribution in [1.29, 1.82) is 0 Å². The third kappa shape index (κ3) is 7.45. The highest BCUT2D eigenvalue weighted by atomic mass is 16.5. The predicted molar refractivity (Wildman–Crippen MR) is 85.0 cm³/mol. The van der Waals surface area contributed by atoms with Crippen LogP contribution in [0.1, 0.15) is 72.1 Å². The summed E-state index contributed by atoms with van der Waals surface area (Å²) in [6.07, 6.45) is 10.2. The molecule has 1 aliphatic carbocycles. The lowest BCUT2D eigenvalue weighted by Gasteiger charge is -2.19. The lowest BCUT2D eigenvalue weighted by atomic mass is 9.86. The fourth-order valence-corrected chi connectivity index (χ4v) is 2.76. The summed E-state index contributed by atoms with van der Waals surface area (Å²) in [6, 6.07) is 0. The van der Waals surface area contributed by atoms with Gasteiger partial charge in [-0.15, -0.1) is 0 Å². The number of ether oxygens (including phenoxy) is 1. The largest absolute Gasteiger partial charge is 0.460 e. The zero-order valence-electron chi connectivity index (χ0n) is 13.8. The lowest BCUT2D eigenvalue weighted by molar-refractivity contribution is -0.156. The summed E-state index contributed by atoms with van der Waals surface area (Å²) in [6.45, 7) is 6.73. The van der Waals surface area contributed by atoms with Crippen molar-refractivity contribution in [2.75, 3.05) is 6.61 Å². The van der Waals surface area contributed by atoms with E-state index in [1.54, 1.807) is 0 Å². The molecule has 0 amide bonds. The quantitative estimate of drug-likeness (QED) is 0.377. The lowest BCUT2D eigenvalue weighted by Crippen LogP contribution is -2.28. The molecule has 120 valence electrons. The van der Waals surface area contributed by atoms with Crippen molar-refractivity contribution in [3.8, 4) is 0 Å². The Balaban J connectivity index is 2.17. The highest BCUT2D eigenvalue weighted by Crippen LogP contribution is 2.24. The zero-order chi connectivity index (χ0) is 15.7. The van der Waals surface area contributed by atoms with E-state index in [0.29, 0.717) is 12.5 Å². The normalized spacial score (nSPS) is 17.1. The van der Waals surface area contributed by atoms with Crippen molar-refractivity contribution in [1.82, 2.24) is 0 Å². The van der Waals surface area contributed by atoms with Gasteiger partial charge in [-0.25, -0.2) is 4.79 Å². The van der Waals surface area contributed by atoms with Crippen molar-refractivity contribution in [2.24, 2.45) is 11.8 Å². The fraction of sp³-hybridized carbons (Fsp3) is 0.778. The fourth-order valence-electron chi connectivity index (χ4n) is 2.76. The Morgan fingerprint density at radius 1 is 1.14 bits per heavy atom. The summed E-state index contributed by atoms with van der Waals surface area (Å²) in [4.78, 5) is 23.7. The van der Waals surface area contributed by atoms with Crippen molar-refractivity contribution in [2.45, 2.75) is 72.1 Å². The van der Waals surface area contributed by atoms with Crippen LogP contribution >= 0.6 is 0 Å². The maximum absolute atomic E-state index is 11.9. The van der Waals surface area contributed by atoms with Gasteiger partial charge in [-0.05, 0) is 51.9 Å². The molecule has 1 aliphatic rings. The van der Waals surface area contributed by atoms with E-state index in [1.165, 1.54) is 12.0 Å². The van der Waals surface area contributed by atoms with E-state index in [0.717, 1.165) is 44.9 Å². The molecule has 21 heavy (non-hydrogen) atoms. The highest BCUT2D eigenvalue weighted by molar-refractivity contribution is 6.34. The van der Waals surface area contributed by atoms with Crippen LogP contribution in [0.15, 0.2) is 11.6 Å². The smallest absolute Gasteiger partial charge is 0.374 e. The third-order valence-corrected chi connectivity index (χ3v) is 4.23. The second kappa shape index (κ2) is 9.75. The van der Waals surface area contributed by atoms with Gasteiger partial charge >= 0.3 is 5.97 Å². The summed E-state index contributed by atoms with van der Waals surface area (Å²) in [5, 5.41) is 0. The molecule has 0 heterocycles. The molecule has 1 fully saturated rings. The highest BCUT2D eigenvalue weighted by Gasteiger charge is 2.27. The Morgan fingerprint density at radius 3 is 2.43 bits per heavy atom. The number of hydrogen-bond acceptors (Lipinski definition) is 3. The number of rotatable bonds is 8. The number of hydrogen-bond donors (Lipinski definition) is 0. The topological polar surface area (TPSA) is 43.4 Å². The van der Waals surface area contributed by atoms with Crippen LogP contribution in [0, 0.1) is 11.8 Å². The van der Waals surface area contributed by atoms with Crippen molar-refractivity contribution >= 4 is 11.8 Å². The average Bonchev–Trinajstić information content (AvgIpc) is 2.46. The monoisotopic (exact) mass is 294 g/mol. The summed E-state index contributed by atoms with van der Waals surface area (Å²) >= 11 is 0. The molecule has 0 aromatic carbocycles. The van der Waals surface area contributed by atoms with Gasteiger partial charge in [-0.1, -0.05) is 37.8 Å². The Hall–Kier alpha value is -1.12. The van der Waals surface area contributed by atoms with Gasteiger partial charge in [0.15, 0.2) is 0 Å². The molecule has 0 unspecified atom stereocenters. The summed E-state index contributed by atoms with van der Waals surface area (Å²) in [5.74, 6) is -0.482. The van der Waals surface area contributed by atoms with Crippen LogP contribution in [0.3, 0.4) is 0 Å². The van der Waals surface area contributed by atoms with Crippen LogP contribution in [-0.2, 0) is 14.3 Å². The first-order valence-corrected chi connectivity index (χ1v) is 8.35. The molecule has 0 saturated heterocycles. The number of Topliss-reactive ketones (excluding diaryl/α,β-unsaturated/α-hetero) is 1. The van der Waals surface area contributed by atoms with Crippen LogP contribution in [0.5, 0.6) is 0 Å². The molecule has 0 radical (unpaired) electrons. The Bertz CT molecular complexity index is 361. The number of esters is 1.